The third-order valence-corrected chi connectivity index (χ3v) is 10.8. The van der Waals surface area contributed by atoms with E-state index in [1.54, 1.807) is 34.7 Å². The average molecular weight is 831 g/mol. The third kappa shape index (κ3) is 9.65. The van der Waals surface area contributed by atoms with E-state index in [4.69, 9.17) is 14.6 Å². The molecule has 13 nitrogen and oxygen atoms in total. The predicted octanol–water partition coefficient (Wildman–Crippen LogP) is 6.01. The first kappa shape index (κ1) is 39.7. The van der Waals surface area contributed by atoms with E-state index in [1.807, 2.05) is 70.3 Å². The van der Waals surface area contributed by atoms with Crippen LogP contribution in [0.3, 0.4) is 0 Å². The van der Waals surface area contributed by atoms with Gasteiger partial charge < -0.3 is 30.5 Å². The van der Waals surface area contributed by atoms with Crippen molar-refractivity contribution in [2.75, 3.05) is 26.4 Å². The van der Waals surface area contributed by atoms with E-state index in [9.17, 15) is 19.5 Å². The highest BCUT2D eigenvalue weighted by Crippen LogP contribution is 2.39. The molecule has 0 bridgehead atoms. The van der Waals surface area contributed by atoms with Crippen LogP contribution < -0.4 is 20.7 Å². The number of aryl methyl sites for hydroxylation is 1. The second kappa shape index (κ2) is 17.7. The number of nitrogens with one attached hydrogen (secondary N) is 3. The van der Waals surface area contributed by atoms with Crippen LogP contribution in [0.5, 0.6) is 11.5 Å². The Kier molecular flexibility index (Phi) is 12.8. The third-order valence-electron chi connectivity index (χ3n) is 9.22. The molecule has 0 aliphatic carbocycles. The molecule has 1 aliphatic heterocycles. The molecule has 3 aromatic heterocycles. The summed E-state index contributed by atoms with van der Waals surface area (Å²) >= 11 is 4.94. The van der Waals surface area contributed by atoms with Crippen LogP contribution in [0.4, 0.5) is 0 Å². The van der Waals surface area contributed by atoms with Gasteiger partial charge in [0.25, 0.3) is 0 Å². The van der Waals surface area contributed by atoms with Crippen molar-refractivity contribution in [2.24, 2.45) is 5.41 Å². The normalized spacial score (nSPS) is 14.7. The Bertz CT molecular complexity index is 2130. The highest BCUT2D eigenvalue weighted by Gasteiger charge is 2.37. The van der Waals surface area contributed by atoms with Crippen LogP contribution in [0.1, 0.15) is 55.2 Å². The number of rotatable bonds is 15. The van der Waals surface area contributed by atoms with Crippen LogP contribution in [0.25, 0.3) is 27.4 Å². The van der Waals surface area contributed by atoms with Crippen molar-refractivity contribution in [3.63, 3.8) is 0 Å². The fraction of sp³-hybridized carbons (Fsp3) is 0.350. The molecule has 1 fully saturated rings. The topological polar surface area (TPSA) is 170 Å². The number of halogens is 1. The summed E-state index contributed by atoms with van der Waals surface area (Å²) in [7, 11) is 0. The van der Waals surface area contributed by atoms with Crippen molar-refractivity contribution < 1.29 is 29.0 Å². The van der Waals surface area contributed by atoms with Gasteiger partial charge in [-0.25, -0.2) is 9.67 Å². The molecule has 0 radical (unpaired) electrons. The van der Waals surface area contributed by atoms with Crippen LogP contribution in [0.15, 0.2) is 77.1 Å². The zero-order valence-corrected chi connectivity index (χ0v) is 33.5. The number of Topliss-reactive ketones (excluding diaryl/α,β-unsaturated/α-hetero) is 1. The van der Waals surface area contributed by atoms with Crippen LogP contribution in [0.2, 0.25) is 0 Å². The van der Waals surface area contributed by atoms with E-state index in [0.717, 1.165) is 45.7 Å². The number of thiazole rings is 1. The Labute approximate surface area is 332 Å². The van der Waals surface area contributed by atoms with Crippen LogP contribution in [-0.2, 0) is 20.9 Å². The lowest BCUT2D eigenvalue weighted by atomic mass is 9.80. The minimum atomic E-state index is -1.01. The lowest BCUT2D eigenvalue weighted by Crippen LogP contribution is -2.50. The number of ether oxygens (including phenoxy) is 2. The van der Waals surface area contributed by atoms with Crippen molar-refractivity contribution in [1.29, 1.82) is 0 Å². The summed E-state index contributed by atoms with van der Waals surface area (Å²) in [5, 5.41) is 25.2. The van der Waals surface area contributed by atoms with Gasteiger partial charge in [0.2, 0.25) is 11.8 Å². The highest BCUT2D eigenvalue weighted by atomic mass is 79.9. The molecule has 0 spiro atoms. The maximum absolute atomic E-state index is 14.4. The maximum Gasteiger partial charge on any atom is 0.246 e. The van der Waals surface area contributed by atoms with Gasteiger partial charge in [0.05, 0.1) is 50.5 Å². The summed E-state index contributed by atoms with van der Waals surface area (Å²) < 4.78 is 14.1. The van der Waals surface area contributed by atoms with Gasteiger partial charge in [0.1, 0.15) is 30.4 Å². The van der Waals surface area contributed by atoms with Gasteiger partial charge in [-0.3, -0.25) is 19.4 Å². The molecule has 1 saturated heterocycles. The minimum absolute atomic E-state index is 0.0356. The van der Waals surface area contributed by atoms with Crippen molar-refractivity contribution in [3.05, 3.63) is 93.9 Å². The van der Waals surface area contributed by atoms with E-state index in [0.29, 0.717) is 22.6 Å². The molecule has 2 aromatic carbocycles. The standard InChI is InChI=1S/C40H44BrN7O6S/c1-24-37(55-23-45-24)29-12-7-26(20-44-39(52)31-6-5-15-43-31)35(50)33(29)36(51)38(40(2,3)4)46-32(49)22-53-18-19-54-28-10-8-27(9-11-28)48-21-30(41)34(47-48)25-13-16-42-17-14-25/h7-14,16-17,21,23,31,38,43,50H,5-6,15,18-20,22H2,1-4H3,(H,44,52)(H,46,49)/t31?,38-/m1/s1. The number of benzene rings is 2. The van der Waals surface area contributed by atoms with Crippen LogP contribution in [-0.4, -0.2) is 80.9 Å². The SMILES string of the molecule is Cc1ncsc1-c1ccc(CNC(=O)C2CCCN2)c(O)c1C(=O)[C@@H](NC(=O)COCCOc1ccc(-n2cc(Br)c(-c3ccncc3)n2)cc1)C(C)(C)C. The largest absolute Gasteiger partial charge is 0.507 e. The number of aromatic nitrogens is 4. The summed E-state index contributed by atoms with van der Waals surface area (Å²) in [6.07, 6.45) is 6.99. The summed E-state index contributed by atoms with van der Waals surface area (Å²) in [6.45, 7) is 8.19. The number of aromatic hydroxyl groups is 1. The predicted molar refractivity (Wildman–Crippen MR) is 213 cm³/mol. The first-order valence-corrected chi connectivity index (χ1v) is 19.6. The number of amides is 2. The smallest absolute Gasteiger partial charge is 0.246 e. The molecule has 2 amide bonds. The van der Waals surface area contributed by atoms with Crippen molar-refractivity contribution in [2.45, 2.75) is 59.2 Å². The number of carbonyl (C=O) groups excluding carboxylic acids is 3. The molecule has 4 heterocycles. The van der Waals surface area contributed by atoms with Gasteiger partial charge in [0.15, 0.2) is 5.78 Å². The maximum atomic E-state index is 14.4. The number of carbonyl (C=O) groups is 3. The highest BCUT2D eigenvalue weighted by molar-refractivity contribution is 9.10. The number of ketones is 1. The number of phenolic OH excluding ortho intramolecular Hbond substituents is 1. The van der Waals surface area contributed by atoms with Gasteiger partial charge >= 0.3 is 0 Å². The Balaban J connectivity index is 1.06. The molecular formula is C40H44BrN7O6S. The molecule has 2 atom stereocenters. The van der Waals surface area contributed by atoms with Gasteiger partial charge in [-0.05, 0) is 84.1 Å². The first-order valence-electron chi connectivity index (χ1n) is 18.0. The van der Waals surface area contributed by atoms with Gasteiger partial charge in [-0.1, -0.05) is 32.9 Å². The van der Waals surface area contributed by atoms with Crippen molar-refractivity contribution in [1.82, 2.24) is 35.7 Å². The van der Waals surface area contributed by atoms with Crippen molar-refractivity contribution >= 4 is 44.9 Å². The Morgan fingerprint density at radius 1 is 1.09 bits per heavy atom. The zero-order valence-electron chi connectivity index (χ0n) is 31.1. The molecule has 1 unspecified atom stereocenters. The summed E-state index contributed by atoms with van der Waals surface area (Å²) in [5.74, 6) is -0.733. The number of hydrogen-bond donors (Lipinski definition) is 4. The second-order valence-electron chi connectivity index (χ2n) is 14.3. The van der Waals surface area contributed by atoms with E-state index >= 15 is 0 Å². The number of hydrogen-bond acceptors (Lipinski definition) is 11. The summed E-state index contributed by atoms with van der Waals surface area (Å²) in [5.41, 5.74) is 5.21. The first-order chi connectivity index (χ1) is 26.4. The minimum Gasteiger partial charge on any atom is -0.507 e. The molecule has 0 saturated carbocycles. The molecule has 15 heteroatoms. The molecule has 6 rings (SSSR count). The van der Waals surface area contributed by atoms with Crippen LogP contribution >= 0.6 is 27.3 Å². The summed E-state index contributed by atoms with van der Waals surface area (Å²) in [6, 6.07) is 13.4. The Hall–Kier alpha value is -4.96. The van der Waals surface area contributed by atoms with E-state index < -0.39 is 23.1 Å². The Morgan fingerprint density at radius 2 is 1.85 bits per heavy atom. The zero-order chi connectivity index (χ0) is 39.1. The summed E-state index contributed by atoms with van der Waals surface area (Å²) in [4.78, 5) is 49.5. The molecule has 5 aromatic rings. The van der Waals surface area contributed by atoms with E-state index in [-0.39, 0.29) is 49.6 Å². The Morgan fingerprint density at radius 3 is 2.53 bits per heavy atom. The molecule has 55 heavy (non-hydrogen) atoms. The van der Waals surface area contributed by atoms with Crippen molar-refractivity contribution in [3.8, 4) is 38.9 Å². The second-order valence-corrected chi connectivity index (χ2v) is 16.0. The molecule has 1 aliphatic rings. The monoisotopic (exact) mass is 829 g/mol. The quantitative estimate of drug-likeness (QED) is 0.0724. The van der Waals surface area contributed by atoms with Gasteiger partial charge in [-0.2, -0.15) is 5.10 Å². The number of phenols is 1. The number of pyridine rings is 1. The fourth-order valence-corrected chi connectivity index (χ4v) is 7.62. The molecular weight excluding hydrogens is 786 g/mol. The molecule has 4 N–H and O–H groups in total. The molecule has 288 valence electrons. The lowest BCUT2D eigenvalue weighted by Gasteiger charge is -2.31. The van der Waals surface area contributed by atoms with Gasteiger partial charge in [0, 0.05) is 41.8 Å². The van der Waals surface area contributed by atoms with Crippen LogP contribution in [0, 0.1) is 12.3 Å². The van der Waals surface area contributed by atoms with E-state index in [2.05, 4.69) is 41.8 Å². The average Bonchev–Trinajstić information content (AvgIpc) is 3.95. The fourth-order valence-electron chi connectivity index (χ4n) is 6.28. The number of nitrogens with zero attached hydrogens (tertiary/aromatic N) is 4. The van der Waals surface area contributed by atoms with Gasteiger partial charge in [-0.15, -0.1) is 11.3 Å². The van der Waals surface area contributed by atoms with E-state index in [1.165, 1.54) is 11.3 Å². The lowest BCUT2D eigenvalue weighted by molar-refractivity contribution is -0.127.